The number of amides is 1. The van der Waals surface area contributed by atoms with Crippen LogP contribution in [-0.4, -0.2) is 15.3 Å². The maximum Gasteiger partial charge on any atom is 0.417 e. The number of carbonyl (C=O) groups is 1. The van der Waals surface area contributed by atoms with E-state index in [1.165, 1.54) is 12.1 Å². The number of halogens is 3. The third-order valence-corrected chi connectivity index (χ3v) is 2.95. The Labute approximate surface area is 110 Å². The van der Waals surface area contributed by atoms with E-state index in [9.17, 15) is 18.0 Å². The van der Waals surface area contributed by atoms with E-state index in [1.807, 2.05) is 0 Å². The Morgan fingerprint density at radius 2 is 2.00 bits per heavy atom. The Hall–Kier alpha value is -1.96. The van der Waals surface area contributed by atoms with Gasteiger partial charge < -0.3 is 0 Å². The fourth-order valence-electron chi connectivity index (χ4n) is 1.44. The zero-order valence-corrected chi connectivity index (χ0v) is 10.5. The Bertz CT molecular complexity index is 609. The normalized spacial score (nSPS) is 11.4. The van der Waals surface area contributed by atoms with E-state index in [1.54, 1.807) is 6.92 Å². The van der Waals surface area contributed by atoms with E-state index in [4.69, 9.17) is 0 Å². The van der Waals surface area contributed by atoms with Crippen molar-refractivity contribution in [2.75, 3.05) is 5.32 Å². The minimum absolute atomic E-state index is 0.166. The number of aryl methyl sites for hydroxylation is 1. The van der Waals surface area contributed by atoms with Gasteiger partial charge in [-0.2, -0.15) is 17.5 Å². The number of anilines is 1. The monoisotopic (exact) mass is 287 g/mol. The van der Waals surface area contributed by atoms with Gasteiger partial charge in [-0.15, -0.1) is 0 Å². The number of benzene rings is 1. The SMILES string of the molecule is Cc1nsc(NC(=O)c2ccccc2C(F)(F)F)n1. The van der Waals surface area contributed by atoms with Crippen LogP contribution in [0.3, 0.4) is 0 Å². The predicted molar refractivity (Wildman–Crippen MR) is 64.0 cm³/mol. The molecular formula is C11H8F3N3OS. The van der Waals surface area contributed by atoms with Crippen molar-refractivity contribution < 1.29 is 18.0 Å². The number of nitrogens with one attached hydrogen (secondary N) is 1. The topological polar surface area (TPSA) is 54.9 Å². The van der Waals surface area contributed by atoms with Gasteiger partial charge in [-0.05, 0) is 19.1 Å². The van der Waals surface area contributed by atoms with E-state index < -0.39 is 23.2 Å². The second kappa shape index (κ2) is 4.96. The van der Waals surface area contributed by atoms with Gasteiger partial charge in [-0.3, -0.25) is 10.1 Å². The standard InChI is InChI=1S/C11H8F3N3OS/c1-6-15-10(19-17-6)16-9(18)7-4-2-3-5-8(7)11(12,13)14/h2-5H,1H3,(H,15,16,17,18). The molecule has 0 fully saturated rings. The number of aromatic nitrogens is 2. The van der Waals surface area contributed by atoms with Gasteiger partial charge in [-0.25, -0.2) is 4.98 Å². The van der Waals surface area contributed by atoms with Gasteiger partial charge in [-0.1, -0.05) is 12.1 Å². The molecule has 1 aromatic heterocycles. The van der Waals surface area contributed by atoms with Crippen LogP contribution in [0.4, 0.5) is 18.3 Å². The molecule has 1 heterocycles. The molecule has 2 aromatic rings. The third kappa shape index (κ3) is 3.08. The van der Waals surface area contributed by atoms with Crippen molar-refractivity contribution in [3.63, 3.8) is 0 Å². The molecule has 100 valence electrons. The zero-order chi connectivity index (χ0) is 14.0. The molecule has 2 rings (SSSR count). The van der Waals surface area contributed by atoms with Crippen molar-refractivity contribution in [1.29, 1.82) is 0 Å². The van der Waals surface area contributed by atoms with E-state index in [0.717, 1.165) is 23.7 Å². The molecule has 0 aliphatic carbocycles. The third-order valence-electron chi connectivity index (χ3n) is 2.23. The van der Waals surface area contributed by atoms with Crippen LogP contribution in [0.25, 0.3) is 0 Å². The molecule has 19 heavy (non-hydrogen) atoms. The lowest BCUT2D eigenvalue weighted by atomic mass is 10.1. The summed E-state index contributed by atoms with van der Waals surface area (Å²) in [5, 5.41) is 2.46. The van der Waals surface area contributed by atoms with Crippen molar-refractivity contribution in [2.24, 2.45) is 0 Å². The molecule has 0 unspecified atom stereocenters. The molecule has 0 saturated heterocycles. The summed E-state index contributed by atoms with van der Waals surface area (Å²) in [4.78, 5) is 15.7. The maximum absolute atomic E-state index is 12.7. The highest BCUT2D eigenvalue weighted by Gasteiger charge is 2.34. The van der Waals surface area contributed by atoms with Crippen molar-refractivity contribution in [1.82, 2.24) is 9.36 Å². The molecule has 0 radical (unpaired) electrons. The number of carbonyl (C=O) groups excluding carboxylic acids is 1. The van der Waals surface area contributed by atoms with Crippen LogP contribution in [0.5, 0.6) is 0 Å². The molecule has 1 aromatic carbocycles. The Morgan fingerprint density at radius 3 is 2.58 bits per heavy atom. The van der Waals surface area contributed by atoms with Gasteiger partial charge in [0.1, 0.15) is 5.82 Å². The molecule has 1 amide bonds. The predicted octanol–water partition coefficient (Wildman–Crippen LogP) is 3.12. The number of alkyl halides is 3. The second-order valence-corrected chi connectivity index (χ2v) is 4.40. The molecule has 4 nitrogen and oxygen atoms in total. The summed E-state index contributed by atoms with van der Waals surface area (Å²) >= 11 is 0.912. The second-order valence-electron chi connectivity index (χ2n) is 3.64. The van der Waals surface area contributed by atoms with E-state index >= 15 is 0 Å². The highest BCUT2D eigenvalue weighted by Crippen LogP contribution is 2.32. The molecule has 1 N–H and O–H groups in total. The molecule has 0 bridgehead atoms. The number of hydrogen-bond donors (Lipinski definition) is 1. The van der Waals surface area contributed by atoms with Crippen molar-refractivity contribution >= 4 is 22.6 Å². The van der Waals surface area contributed by atoms with Crippen LogP contribution in [0, 0.1) is 6.92 Å². The first-order valence-electron chi connectivity index (χ1n) is 5.16. The summed E-state index contributed by atoms with van der Waals surface area (Å²) < 4.78 is 42.1. The average molecular weight is 287 g/mol. The van der Waals surface area contributed by atoms with Crippen molar-refractivity contribution in [3.8, 4) is 0 Å². The van der Waals surface area contributed by atoms with Crippen LogP contribution in [-0.2, 0) is 6.18 Å². The molecule has 0 aliphatic heterocycles. The van der Waals surface area contributed by atoms with E-state index in [2.05, 4.69) is 14.7 Å². The fourth-order valence-corrected chi connectivity index (χ4v) is 2.01. The lowest BCUT2D eigenvalue weighted by Gasteiger charge is -2.11. The zero-order valence-electron chi connectivity index (χ0n) is 9.65. The first-order valence-corrected chi connectivity index (χ1v) is 5.93. The number of nitrogens with zero attached hydrogens (tertiary/aromatic N) is 2. The smallest absolute Gasteiger partial charge is 0.297 e. The van der Waals surface area contributed by atoms with Crippen LogP contribution < -0.4 is 5.32 Å². The van der Waals surface area contributed by atoms with Crippen molar-refractivity contribution in [2.45, 2.75) is 13.1 Å². The van der Waals surface area contributed by atoms with E-state index in [0.29, 0.717) is 5.82 Å². The lowest BCUT2D eigenvalue weighted by molar-refractivity contribution is -0.137. The summed E-state index contributed by atoms with van der Waals surface area (Å²) in [5.74, 6) is -0.409. The molecule has 0 atom stereocenters. The first kappa shape index (κ1) is 13.5. The quantitative estimate of drug-likeness (QED) is 0.923. The van der Waals surface area contributed by atoms with Crippen LogP contribution in [0.15, 0.2) is 24.3 Å². The fraction of sp³-hybridized carbons (Fsp3) is 0.182. The van der Waals surface area contributed by atoms with Crippen LogP contribution in [0.2, 0.25) is 0 Å². The highest BCUT2D eigenvalue weighted by molar-refractivity contribution is 7.09. The summed E-state index contributed by atoms with van der Waals surface area (Å²) in [6.07, 6.45) is -4.58. The van der Waals surface area contributed by atoms with Crippen LogP contribution >= 0.6 is 11.5 Å². The van der Waals surface area contributed by atoms with Gasteiger partial charge in [0, 0.05) is 11.5 Å². The molecule has 0 saturated carbocycles. The Balaban J connectivity index is 2.29. The minimum Gasteiger partial charge on any atom is -0.297 e. The lowest BCUT2D eigenvalue weighted by Crippen LogP contribution is -2.18. The van der Waals surface area contributed by atoms with Gasteiger partial charge in [0.05, 0.1) is 11.1 Å². The Morgan fingerprint density at radius 1 is 1.32 bits per heavy atom. The summed E-state index contributed by atoms with van der Waals surface area (Å²) in [7, 11) is 0. The maximum atomic E-state index is 12.7. The number of hydrogen-bond acceptors (Lipinski definition) is 4. The minimum atomic E-state index is -4.58. The molecular weight excluding hydrogens is 279 g/mol. The van der Waals surface area contributed by atoms with Crippen molar-refractivity contribution in [3.05, 3.63) is 41.2 Å². The highest BCUT2D eigenvalue weighted by atomic mass is 32.1. The van der Waals surface area contributed by atoms with Crippen LogP contribution in [0.1, 0.15) is 21.7 Å². The molecule has 0 aliphatic rings. The summed E-state index contributed by atoms with van der Waals surface area (Å²) in [6.45, 7) is 1.62. The van der Waals surface area contributed by atoms with Gasteiger partial charge in [0.2, 0.25) is 5.13 Å². The number of rotatable bonds is 2. The van der Waals surface area contributed by atoms with Gasteiger partial charge in [0.15, 0.2) is 0 Å². The molecule has 8 heteroatoms. The molecule has 0 spiro atoms. The average Bonchev–Trinajstić information content (AvgIpc) is 2.73. The van der Waals surface area contributed by atoms with E-state index in [-0.39, 0.29) is 5.13 Å². The summed E-state index contributed by atoms with van der Waals surface area (Å²) in [5.41, 5.74) is -1.42. The largest absolute Gasteiger partial charge is 0.417 e. The first-order chi connectivity index (χ1) is 8.88. The summed E-state index contributed by atoms with van der Waals surface area (Å²) in [6, 6.07) is 4.58. The van der Waals surface area contributed by atoms with Gasteiger partial charge in [0.25, 0.3) is 5.91 Å². The Kier molecular flexibility index (Phi) is 3.52. The van der Waals surface area contributed by atoms with Gasteiger partial charge >= 0.3 is 6.18 Å².